The van der Waals surface area contributed by atoms with Crippen molar-refractivity contribution in [3.63, 3.8) is 0 Å². The second kappa shape index (κ2) is 9.74. The number of hydrogen-bond acceptors (Lipinski definition) is 5. The lowest BCUT2D eigenvalue weighted by molar-refractivity contribution is -0.193. The van der Waals surface area contributed by atoms with Gasteiger partial charge in [-0.3, -0.25) is 4.98 Å². The highest BCUT2D eigenvalue weighted by molar-refractivity contribution is 6.04. The molecular weight excluding hydrogens is 445 g/mol. The highest BCUT2D eigenvalue weighted by atomic mass is 19.4. The molecule has 1 N–H and O–H groups in total. The van der Waals surface area contributed by atoms with Gasteiger partial charge in [-0.1, -0.05) is 48.5 Å². The summed E-state index contributed by atoms with van der Waals surface area (Å²) in [6, 6.07) is 21.7. The molecule has 0 aliphatic rings. The SMILES string of the molecule is O=C(OC(=O)C(F)(F)F)c1ccc(CCc2ccccc2)cc1Nc1cccc2cnccc12. The van der Waals surface area contributed by atoms with Crippen LogP contribution in [0.15, 0.2) is 85.2 Å². The Bertz CT molecular complexity index is 1330. The number of hydrogen-bond donors (Lipinski definition) is 1. The van der Waals surface area contributed by atoms with Crippen molar-refractivity contribution in [1.82, 2.24) is 4.98 Å². The number of ether oxygens (including phenoxy) is 1. The van der Waals surface area contributed by atoms with E-state index >= 15 is 0 Å². The molecule has 5 nitrogen and oxygen atoms in total. The molecule has 0 aliphatic carbocycles. The number of benzene rings is 3. The summed E-state index contributed by atoms with van der Waals surface area (Å²) in [6.07, 6.45) is -0.623. The van der Waals surface area contributed by atoms with Crippen molar-refractivity contribution in [1.29, 1.82) is 0 Å². The Morgan fingerprint density at radius 2 is 1.62 bits per heavy atom. The van der Waals surface area contributed by atoms with Crippen molar-refractivity contribution in [2.45, 2.75) is 19.0 Å². The van der Waals surface area contributed by atoms with Crippen LogP contribution in [0.1, 0.15) is 21.5 Å². The minimum atomic E-state index is -5.28. The Kier molecular flexibility index (Phi) is 6.58. The predicted octanol–water partition coefficient (Wildman–Crippen LogP) is 6.01. The lowest BCUT2D eigenvalue weighted by Crippen LogP contribution is -2.28. The van der Waals surface area contributed by atoms with Gasteiger partial charge < -0.3 is 10.1 Å². The molecule has 0 bridgehead atoms. The summed E-state index contributed by atoms with van der Waals surface area (Å²) in [7, 11) is 0. The van der Waals surface area contributed by atoms with Gasteiger partial charge in [-0.2, -0.15) is 13.2 Å². The average Bonchev–Trinajstić information content (AvgIpc) is 2.83. The van der Waals surface area contributed by atoms with Crippen LogP contribution in [0.4, 0.5) is 24.5 Å². The van der Waals surface area contributed by atoms with E-state index in [0.29, 0.717) is 12.1 Å². The number of nitrogens with zero attached hydrogens (tertiary/aromatic N) is 1. The summed E-state index contributed by atoms with van der Waals surface area (Å²) in [4.78, 5) is 27.8. The zero-order chi connectivity index (χ0) is 24.1. The lowest BCUT2D eigenvalue weighted by Gasteiger charge is -2.15. The number of alkyl halides is 3. The number of nitrogens with one attached hydrogen (secondary N) is 1. The molecular formula is C26H19F3N2O3. The van der Waals surface area contributed by atoms with E-state index < -0.39 is 18.1 Å². The van der Waals surface area contributed by atoms with Crippen molar-refractivity contribution in [3.05, 3.63) is 102 Å². The Hall–Kier alpha value is -4.20. The van der Waals surface area contributed by atoms with Gasteiger partial charge in [-0.15, -0.1) is 0 Å². The Morgan fingerprint density at radius 3 is 2.38 bits per heavy atom. The summed E-state index contributed by atoms with van der Waals surface area (Å²) in [5, 5.41) is 4.77. The molecule has 0 amide bonds. The van der Waals surface area contributed by atoms with Crippen molar-refractivity contribution in [2.24, 2.45) is 0 Å². The maximum atomic E-state index is 12.6. The molecule has 1 heterocycles. The van der Waals surface area contributed by atoms with Gasteiger partial charge in [0, 0.05) is 28.9 Å². The molecule has 172 valence electrons. The molecule has 1 aromatic heterocycles. The zero-order valence-electron chi connectivity index (χ0n) is 17.8. The number of aryl methyl sites for hydroxylation is 2. The van der Waals surface area contributed by atoms with Gasteiger partial charge in [-0.05, 0) is 48.2 Å². The number of carbonyl (C=O) groups is 2. The van der Waals surface area contributed by atoms with Gasteiger partial charge >= 0.3 is 18.1 Å². The summed E-state index contributed by atoms with van der Waals surface area (Å²) in [5.74, 6) is -3.95. The number of halogens is 3. The van der Waals surface area contributed by atoms with Crippen molar-refractivity contribution in [2.75, 3.05) is 5.32 Å². The van der Waals surface area contributed by atoms with Gasteiger partial charge in [0.1, 0.15) is 0 Å². The Morgan fingerprint density at radius 1 is 0.853 bits per heavy atom. The first-order valence-corrected chi connectivity index (χ1v) is 10.4. The molecule has 0 radical (unpaired) electrons. The third kappa shape index (κ3) is 5.40. The van der Waals surface area contributed by atoms with Crippen molar-refractivity contribution < 1.29 is 27.5 Å². The fourth-order valence-corrected chi connectivity index (χ4v) is 3.54. The first-order chi connectivity index (χ1) is 16.3. The molecule has 0 saturated heterocycles. The number of aromatic nitrogens is 1. The fraction of sp³-hybridized carbons (Fsp3) is 0.115. The van der Waals surface area contributed by atoms with E-state index in [4.69, 9.17) is 0 Å². The highest BCUT2D eigenvalue weighted by Crippen LogP contribution is 2.29. The third-order valence-corrected chi connectivity index (χ3v) is 5.22. The number of rotatable bonds is 6. The van der Waals surface area contributed by atoms with Gasteiger partial charge in [0.15, 0.2) is 0 Å². The second-order valence-electron chi connectivity index (χ2n) is 7.57. The monoisotopic (exact) mass is 464 g/mol. The average molecular weight is 464 g/mol. The molecule has 0 fully saturated rings. The minimum Gasteiger partial charge on any atom is -0.383 e. The molecule has 4 aromatic rings. The number of anilines is 2. The number of fused-ring (bicyclic) bond motifs is 1. The first kappa shape index (κ1) is 23.0. The van der Waals surface area contributed by atoms with Crippen molar-refractivity contribution >= 4 is 34.1 Å². The van der Waals surface area contributed by atoms with Crippen LogP contribution >= 0.6 is 0 Å². The first-order valence-electron chi connectivity index (χ1n) is 10.4. The topological polar surface area (TPSA) is 68.3 Å². The standard InChI is InChI=1S/C26H19F3N2O3/c27-26(28,29)25(33)34-24(32)21-12-11-18(10-9-17-5-2-1-3-6-17)15-23(21)31-22-8-4-7-19-16-30-14-13-20(19)22/h1-8,11-16,31H,9-10H2. The predicted molar refractivity (Wildman–Crippen MR) is 122 cm³/mol. The van der Waals surface area contributed by atoms with E-state index in [2.05, 4.69) is 15.0 Å². The maximum Gasteiger partial charge on any atom is 0.491 e. The highest BCUT2D eigenvalue weighted by Gasteiger charge is 2.42. The van der Waals surface area contributed by atoms with Crippen LogP contribution in [-0.4, -0.2) is 23.1 Å². The van der Waals surface area contributed by atoms with Gasteiger partial charge in [0.2, 0.25) is 0 Å². The van der Waals surface area contributed by atoms with Crippen LogP contribution in [-0.2, 0) is 22.4 Å². The van der Waals surface area contributed by atoms with Crippen LogP contribution in [0.25, 0.3) is 10.8 Å². The fourth-order valence-electron chi connectivity index (χ4n) is 3.54. The smallest absolute Gasteiger partial charge is 0.383 e. The third-order valence-electron chi connectivity index (χ3n) is 5.22. The molecule has 34 heavy (non-hydrogen) atoms. The van der Waals surface area contributed by atoms with Gasteiger partial charge in [-0.25, -0.2) is 9.59 Å². The molecule has 3 aromatic carbocycles. The molecule has 0 spiro atoms. The summed E-state index contributed by atoms with van der Waals surface area (Å²) < 4.78 is 42.0. The normalized spacial score (nSPS) is 11.3. The molecule has 4 rings (SSSR count). The van der Waals surface area contributed by atoms with E-state index in [9.17, 15) is 22.8 Å². The second-order valence-corrected chi connectivity index (χ2v) is 7.57. The van der Waals surface area contributed by atoms with Crippen LogP contribution in [0, 0.1) is 0 Å². The largest absolute Gasteiger partial charge is 0.491 e. The van der Waals surface area contributed by atoms with Crippen LogP contribution in [0.5, 0.6) is 0 Å². The number of esters is 2. The van der Waals surface area contributed by atoms with Gasteiger partial charge in [0.25, 0.3) is 0 Å². The molecule has 0 atom stereocenters. The lowest BCUT2D eigenvalue weighted by atomic mass is 10.0. The Balaban J connectivity index is 1.67. The van der Waals surface area contributed by atoms with Crippen LogP contribution < -0.4 is 5.32 Å². The molecule has 0 saturated carbocycles. The zero-order valence-corrected chi connectivity index (χ0v) is 17.8. The summed E-state index contributed by atoms with van der Waals surface area (Å²) in [6.45, 7) is 0. The Labute approximate surface area is 193 Å². The van der Waals surface area contributed by atoms with E-state index in [1.165, 1.54) is 6.07 Å². The molecule has 8 heteroatoms. The minimum absolute atomic E-state index is 0.188. The van der Waals surface area contributed by atoms with E-state index in [0.717, 1.165) is 28.3 Å². The van der Waals surface area contributed by atoms with Gasteiger partial charge in [0.05, 0.1) is 11.3 Å². The quantitative estimate of drug-likeness (QED) is 0.280. The number of carbonyl (C=O) groups excluding carboxylic acids is 2. The van der Waals surface area contributed by atoms with Crippen LogP contribution in [0.2, 0.25) is 0 Å². The van der Waals surface area contributed by atoms with Crippen molar-refractivity contribution in [3.8, 4) is 0 Å². The van der Waals surface area contributed by atoms with E-state index in [1.807, 2.05) is 36.4 Å². The van der Waals surface area contributed by atoms with E-state index in [-0.39, 0.29) is 11.3 Å². The molecule has 0 aliphatic heterocycles. The maximum absolute atomic E-state index is 12.6. The molecule has 0 unspecified atom stereocenters. The summed E-state index contributed by atoms with van der Waals surface area (Å²) in [5.41, 5.74) is 2.64. The number of pyridine rings is 1. The summed E-state index contributed by atoms with van der Waals surface area (Å²) >= 11 is 0. The van der Waals surface area contributed by atoms with Crippen LogP contribution in [0.3, 0.4) is 0 Å². The van der Waals surface area contributed by atoms with E-state index in [1.54, 1.807) is 42.7 Å².